The maximum Gasteiger partial charge on any atom is 0.128 e. The van der Waals surface area contributed by atoms with Gasteiger partial charge in [0.2, 0.25) is 0 Å². The normalized spacial score (nSPS) is 41.5. The largest absolute Gasteiger partial charge is 0.392 e. The fourth-order valence-corrected chi connectivity index (χ4v) is 5.23. The van der Waals surface area contributed by atoms with Gasteiger partial charge in [-0.05, 0) is 62.7 Å². The molecule has 5 atom stereocenters. The number of rotatable bonds is 5. The summed E-state index contributed by atoms with van der Waals surface area (Å²) in [6.07, 6.45) is 7.85. The summed E-state index contributed by atoms with van der Waals surface area (Å²) in [7, 11) is 0. The molecule has 2 rings (SSSR count). The molecular formula is C20H32O3. The molecule has 0 heterocycles. The zero-order chi connectivity index (χ0) is 17.3. The van der Waals surface area contributed by atoms with Gasteiger partial charge >= 0.3 is 0 Å². The molecule has 0 radical (unpaired) electrons. The molecule has 0 aromatic carbocycles. The zero-order valence-corrected chi connectivity index (χ0v) is 14.8. The van der Waals surface area contributed by atoms with Crippen LogP contribution in [0.5, 0.6) is 0 Å². The molecule has 3 heteroatoms. The van der Waals surface area contributed by atoms with Crippen LogP contribution in [0.15, 0.2) is 23.8 Å². The molecule has 2 aliphatic rings. The minimum absolute atomic E-state index is 0.0315. The minimum atomic E-state index is -0.637. The van der Waals surface area contributed by atoms with Crippen molar-refractivity contribution < 1.29 is 15.0 Å². The minimum Gasteiger partial charge on any atom is -0.392 e. The van der Waals surface area contributed by atoms with Gasteiger partial charge in [-0.25, -0.2) is 0 Å². The van der Waals surface area contributed by atoms with Gasteiger partial charge in [-0.1, -0.05) is 37.6 Å². The van der Waals surface area contributed by atoms with Crippen molar-refractivity contribution in [1.29, 1.82) is 0 Å². The number of aliphatic hydroxyl groups excluding tert-OH is 2. The van der Waals surface area contributed by atoms with Crippen molar-refractivity contribution in [3.05, 3.63) is 23.8 Å². The molecule has 0 bridgehead atoms. The van der Waals surface area contributed by atoms with E-state index in [0.29, 0.717) is 12.3 Å². The molecule has 0 aromatic rings. The SMILES string of the molecule is C=C1CC[C@H]2[C@@](C)(C=O)[C@H](O)CC[C@@]2(C)[C@H]1CC/C(C)=C/CO. The number of allylic oxidation sites excluding steroid dienone is 2. The summed E-state index contributed by atoms with van der Waals surface area (Å²) in [6, 6.07) is 0. The van der Waals surface area contributed by atoms with Crippen LogP contribution in [0.25, 0.3) is 0 Å². The predicted molar refractivity (Wildman–Crippen MR) is 92.9 cm³/mol. The third kappa shape index (κ3) is 3.18. The molecule has 2 N–H and O–H groups in total. The summed E-state index contributed by atoms with van der Waals surface area (Å²) in [5.41, 5.74) is 1.90. The van der Waals surface area contributed by atoms with E-state index in [4.69, 9.17) is 5.11 Å². The number of hydrogen-bond donors (Lipinski definition) is 2. The Hall–Kier alpha value is -0.930. The van der Waals surface area contributed by atoms with Crippen LogP contribution in [0.1, 0.15) is 59.3 Å². The van der Waals surface area contributed by atoms with E-state index in [-0.39, 0.29) is 17.9 Å². The smallest absolute Gasteiger partial charge is 0.128 e. The molecule has 2 aliphatic carbocycles. The van der Waals surface area contributed by atoms with E-state index < -0.39 is 11.5 Å². The van der Waals surface area contributed by atoms with Gasteiger partial charge in [-0.15, -0.1) is 0 Å². The zero-order valence-electron chi connectivity index (χ0n) is 14.8. The average Bonchev–Trinajstić information content (AvgIpc) is 2.51. The van der Waals surface area contributed by atoms with Gasteiger partial charge in [0.05, 0.1) is 18.1 Å². The first-order valence-corrected chi connectivity index (χ1v) is 8.88. The van der Waals surface area contributed by atoms with Crippen molar-refractivity contribution in [2.75, 3.05) is 6.61 Å². The van der Waals surface area contributed by atoms with Crippen molar-refractivity contribution in [1.82, 2.24) is 0 Å². The fraction of sp³-hybridized carbons (Fsp3) is 0.750. The van der Waals surface area contributed by atoms with Crippen LogP contribution in [0.2, 0.25) is 0 Å². The number of aldehydes is 1. The standard InChI is InChI=1S/C20H32O3/c1-14(10-12-21)5-7-16-15(2)6-8-17-19(16,3)11-9-18(23)20(17,4)13-22/h10,13,16-18,21,23H,2,5-9,11-12H2,1,3-4H3/b14-10+/t16-,17+,18+,19-,20+/m0/s1. The van der Waals surface area contributed by atoms with Crippen LogP contribution < -0.4 is 0 Å². The molecule has 3 nitrogen and oxygen atoms in total. The third-order valence-corrected chi connectivity index (χ3v) is 6.79. The lowest BCUT2D eigenvalue weighted by Gasteiger charge is -2.58. The Morgan fingerprint density at radius 3 is 2.70 bits per heavy atom. The van der Waals surface area contributed by atoms with Gasteiger partial charge in [-0.2, -0.15) is 0 Å². The van der Waals surface area contributed by atoms with Gasteiger partial charge in [0, 0.05) is 0 Å². The van der Waals surface area contributed by atoms with Crippen molar-refractivity contribution in [2.24, 2.45) is 22.7 Å². The fourth-order valence-electron chi connectivity index (χ4n) is 5.23. The summed E-state index contributed by atoms with van der Waals surface area (Å²) < 4.78 is 0. The van der Waals surface area contributed by atoms with Gasteiger partial charge in [-0.3, -0.25) is 0 Å². The van der Waals surface area contributed by atoms with E-state index >= 15 is 0 Å². The van der Waals surface area contributed by atoms with Crippen LogP contribution in [-0.4, -0.2) is 29.2 Å². The highest BCUT2D eigenvalue weighted by Crippen LogP contribution is 2.61. The average molecular weight is 320 g/mol. The molecule has 0 amide bonds. The van der Waals surface area contributed by atoms with Crippen molar-refractivity contribution >= 4 is 6.29 Å². The maximum absolute atomic E-state index is 11.8. The topological polar surface area (TPSA) is 57.5 Å². The Labute approximate surface area is 140 Å². The van der Waals surface area contributed by atoms with E-state index in [9.17, 15) is 9.90 Å². The number of carbonyl (C=O) groups is 1. The quantitative estimate of drug-likeness (QED) is 0.600. The van der Waals surface area contributed by atoms with E-state index in [1.54, 1.807) is 0 Å². The number of fused-ring (bicyclic) bond motifs is 1. The lowest BCUT2D eigenvalue weighted by molar-refractivity contribution is -0.152. The Bertz CT molecular complexity index is 495. The molecular weight excluding hydrogens is 288 g/mol. The lowest BCUT2D eigenvalue weighted by atomic mass is 9.46. The number of carbonyl (C=O) groups excluding carboxylic acids is 1. The summed E-state index contributed by atoms with van der Waals surface area (Å²) in [5, 5.41) is 19.5. The van der Waals surface area contributed by atoms with Gasteiger partial charge < -0.3 is 15.0 Å². The molecule has 0 aromatic heterocycles. The Kier molecular flexibility index (Phi) is 5.52. The van der Waals surface area contributed by atoms with Crippen molar-refractivity contribution in [3.63, 3.8) is 0 Å². The molecule has 0 spiro atoms. The van der Waals surface area contributed by atoms with Gasteiger partial charge in [0.25, 0.3) is 0 Å². The molecule has 0 aliphatic heterocycles. The number of aliphatic hydroxyl groups is 2. The maximum atomic E-state index is 11.8. The van der Waals surface area contributed by atoms with E-state index in [1.807, 2.05) is 13.0 Å². The molecule has 0 unspecified atom stereocenters. The number of hydrogen-bond acceptors (Lipinski definition) is 3. The second-order valence-corrected chi connectivity index (χ2v) is 8.12. The highest BCUT2D eigenvalue weighted by Gasteiger charge is 2.57. The lowest BCUT2D eigenvalue weighted by Crippen LogP contribution is -2.56. The summed E-state index contributed by atoms with van der Waals surface area (Å²) in [4.78, 5) is 11.8. The Balaban J connectivity index is 2.26. The van der Waals surface area contributed by atoms with E-state index in [1.165, 1.54) is 11.1 Å². The first-order chi connectivity index (χ1) is 10.8. The first kappa shape index (κ1) is 18.4. The van der Waals surface area contributed by atoms with Gasteiger partial charge in [0.15, 0.2) is 0 Å². The summed E-state index contributed by atoms with van der Waals surface area (Å²) in [6.45, 7) is 10.7. The second kappa shape index (κ2) is 6.90. The van der Waals surface area contributed by atoms with Crippen LogP contribution in [-0.2, 0) is 4.79 Å². The molecule has 23 heavy (non-hydrogen) atoms. The Morgan fingerprint density at radius 1 is 1.39 bits per heavy atom. The van der Waals surface area contributed by atoms with Crippen molar-refractivity contribution in [2.45, 2.75) is 65.4 Å². The van der Waals surface area contributed by atoms with Gasteiger partial charge in [0.1, 0.15) is 6.29 Å². The first-order valence-electron chi connectivity index (χ1n) is 8.88. The monoisotopic (exact) mass is 320 g/mol. The highest BCUT2D eigenvalue weighted by molar-refractivity contribution is 5.61. The van der Waals surface area contributed by atoms with Crippen LogP contribution >= 0.6 is 0 Å². The van der Waals surface area contributed by atoms with Crippen LogP contribution in [0.3, 0.4) is 0 Å². The highest BCUT2D eigenvalue weighted by atomic mass is 16.3. The van der Waals surface area contributed by atoms with Crippen molar-refractivity contribution in [3.8, 4) is 0 Å². The molecule has 2 fully saturated rings. The van der Waals surface area contributed by atoms with E-state index in [0.717, 1.165) is 38.4 Å². The van der Waals surface area contributed by atoms with Crippen LogP contribution in [0, 0.1) is 22.7 Å². The third-order valence-electron chi connectivity index (χ3n) is 6.79. The van der Waals surface area contributed by atoms with E-state index in [2.05, 4.69) is 20.4 Å². The summed E-state index contributed by atoms with van der Waals surface area (Å²) in [5.74, 6) is 0.601. The van der Waals surface area contributed by atoms with Crippen LogP contribution in [0.4, 0.5) is 0 Å². The second-order valence-electron chi connectivity index (χ2n) is 8.12. The predicted octanol–water partition coefficient (Wildman–Crippen LogP) is 3.65. The Morgan fingerprint density at radius 2 is 2.09 bits per heavy atom. The molecule has 130 valence electrons. The molecule has 0 saturated heterocycles. The summed E-state index contributed by atoms with van der Waals surface area (Å²) >= 11 is 0. The molecule has 2 saturated carbocycles.